The zero-order chi connectivity index (χ0) is 15.4. The Hall–Kier alpha value is -1.57. The van der Waals surface area contributed by atoms with Crippen LogP contribution in [0.1, 0.15) is 11.1 Å². The van der Waals surface area contributed by atoms with Crippen molar-refractivity contribution in [2.24, 2.45) is 5.73 Å². The summed E-state index contributed by atoms with van der Waals surface area (Å²) >= 11 is 4.84. The third-order valence-corrected chi connectivity index (χ3v) is 3.73. The van der Waals surface area contributed by atoms with E-state index in [2.05, 4.69) is 5.32 Å². The minimum atomic E-state index is -0.424. The Balaban J connectivity index is 2.21. The maximum absolute atomic E-state index is 14.4. The fourth-order valence-electron chi connectivity index (χ4n) is 2.35. The van der Waals surface area contributed by atoms with E-state index in [1.807, 2.05) is 4.90 Å². The highest BCUT2D eigenvalue weighted by Gasteiger charge is 2.29. The predicted octanol–water partition coefficient (Wildman–Crippen LogP) is 0.407. The number of likely N-dealkylation sites (N-methyl/N-ethyl adjacent to an activating group) is 1. The molecule has 5 nitrogen and oxygen atoms in total. The van der Waals surface area contributed by atoms with Crippen LogP contribution in [-0.4, -0.2) is 48.6 Å². The maximum Gasteiger partial charge on any atom is 0.239 e. The maximum atomic E-state index is 14.4. The molecule has 1 saturated heterocycles. The molecule has 7 heteroatoms. The molecule has 1 heterocycles. The molecule has 1 aromatic rings. The third kappa shape index (κ3) is 3.55. The molecule has 3 N–H and O–H groups in total. The Bertz CT molecular complexity index is 553. The highest BCUT2D eigenvalue weighted by Crippen LogP contribution is 2.18. The van der Waals surface area contributed by atoms with Gasteiger partial charge >= 0.3 is 0 Å². The molecule has 1 aliphatic rings. The normalized spacial score (nSPS) is 19.2. The number of benzene rings is 1. The molecule has 1 aliphatic heterocycles. The van der Waals surface area contributed by atoms with E-state index in [-0.39, 0.29) is 16.5 Å². The second-order valence-electron chi connectivity index (χ2n) is 4.82. The number of thiocarbonyl (C=S) groups is 1. The molecule has 1 unspecified atom stereocenters. The van der Waals surface area contributed by atoms with Gasteiger partial charge in [-0.25, -0.2) is 4.39 Å². The molecular weight excluding hydrogens is 293 g/mol. The second-order valence-corrected chi connectivity index (χ2v) is 5.26. The number of ether oxygens (including phenoxy) is 1. The number of carbonyl (C=O) groups is 1. The Labute approximate surface area is 128 Å². The summed E-state index contributed by atoms with van der Waals surface area (Å²) < 4.78 is 19.7. The van der Waals surface area contributed by atoms with Gasteiger partial charge in [0.2, 0.25) is 5.91 Å². The molecule has 0 aromatic heterocycles. The minimum absolute atomic E-state index is 0.0270. The lowest BCUT2D eigenvalue weighted by Gasteiger charge is -2.34. The van der Waals surface area contributed by atoms with Gasteiger partial charge in [-0.1, -0.05) is 24.4 Å². The number of nitrogens with two attached hydrogens (primary N) is 1. The van der Waals surface area contributed by atoms with Crippen LogP contribution < -0.4 is 11.1 Å². The average molecular weight is 311 g/mol. The molecule has 114 valence electrons. The largest absolute Gasteiger partial charge is 0.389 e. The number of hydrogen-bond acceptors (Lipinski definition) is 4. The fourth-order valence-corrected chi connectivity index (χ4v) is 2.50. The molecule has 1 amide bonds. The van der Waals surface area contributed by atoms with E-state index in [0.717, 1.165) is 0 Å². The van der Waals surface area contributed by atoms with Gasteiger partial charge < -0.3 is 15.8 Å². The first-order valence-electron chi connectivity index (χ1n) is 6.65. The van der Waals surface area contributed by atoms with Gasteiger partial charge in [0.25, 0.3) is 0 Å². The molecule has 1 fully saturated rings. The first kappa shape index (κ1) is 15.8. The van der Waals surface area contributed by atoms with Crippen LogP contribution in [0.25, 0.3) is 0 Å². The molecule has 0 bridgehead atoms. The SMILES string of the molecule is CNC(=O)C1COCCN1Cc1cccc(C(N)=S)c1F. The van der Waals surface area contributed by atoms with Crippen LogP contribution in [0.5, 0.6) is 0 Å². The van der Waals surface area contributed by atoms with Crippen molar-refractivity contribution in [3.63, 3.8) is 0 Å². The zero-order valence-electron chi connectivity index (χ0n) is 11.8. The molecule has 2 rings (SSSR count). The van der Waals surface area contributed by atoms with Gasteiger partial charge in [0.1, 0.15) is 16.8 Å². The summed E-state index contributed by atoms with van der Waals surface area (Å²) in [6, 6.07) is 4.52. The number of rotatable bonds is 4. The lowest BCUT2D eigenvalue weighted by atomic mass is 10.1. The molecule has 0 saturated carbocycles. The van der Waals surface area contributed by atoms with Crippen LogP contribution in [0, 0.1) is 5.82 Å². The van der Waals surface area contributed by atoms with Crippen LogP contribution in [0.15, 0.2) is 18.2 Å². The molecule has 21 heavy (non-hydrogen) atoms. The van der Waals surface area contributed by atoms with Crippen molar-refractivity contribution >= 4 is 23.1 Å². The third-order valence-electron chi connectivity index (χ3n) is 3.51. The lowest BCUT2D eigenvalue weighted by molar-refractivity contribution is -0.132. The summed E-state index contributed by atoms with van der Waals surface area (Å²) in [5, 5.41) is 2.60. The van der Waals surface area contributed by atoms with Gasteiger partial charge in [0, 0.05) is 31.3 Å². The quantitative estimate of drug-likeness (QED) is 0.788. The van der Waals surface area contributed by atoms with Gasteiger partial charge in [-0.2, -0.15) is 0 Å². The summed E-state index contributed by atoms with van der Waals surface area (Å²) in [6.07, 6.45) is 0. The van der Waals surface area contributed by atoms with Crippen molar-refractivity contribution in [1.29, 1.82) is 0 Å². The molecule has 0 aliphatic carbocycles. The Morgan fingerprint density at radius 1 is 1.62 bits per heavy atom. The zero-order valence-corrected chi connectivity index (χ0v) is 12.6. The van der Waals surface area contributed by atoms with E-state index in [1.165, 1.54) is 0 Å². The van der Waals surface area contributed by atoms with Gasteiger partial charge in [-0.15, -0.1) is 0 Å². The first-order chi connectivity index (χ1) is 10.0. The summed E-state index contributed by atoms with van der Waals surface area (Å²) in [5.41, 5.74) is 6.20. The lowest BCUT2D eigenvalue weighted by Crippen LogP contribution is -2.52. The molecular formula is C14H18FN3O2S. The number of morpholine rings is 1. The van der Waals surface area contributed by atoms with E-state index >= 15 is 0 Å². The average Bonchev–Trinajstić information content (AvgIpc) is 2.49. The number of halogens is 1. The van der Waals surface area contributed by atoms with Gasteiger partial charge in [-0.05, 0) is 6.07 Å². The standard InChI is InChI=1S/C14H18FN3O2S/c1-17-14(19)11-8-20-6-5-18(11)7-9-3-2-4-10(12(9)15)13(16)21/h2-4,11H,5-8H2,1H3,(H2,16,21)(H,17,19). The van der Waals surface area contributed by atoms with Gasteiger partial charge in [-0.3, -0.25) is 9.69 Å². The Kier molecular flexibility index (Phi) is 5.22. The highest BCUT2D eigenvalue weighted by molar-refractivity contribution is 7.80. The Morgan fingerprint density at radius 2 is 2.38 bits per heavy atom. The molecule has 1 aromatic carbocycles. The molecule has 0 radical (unpaired) electrons. The number of nitrogens with zero attached hydrogens (tertiary/aromatic N) is 1. The van der Waals surface area contributed by atoms with Crippen molar-refractivity contribution in [3.8, 4) is 0 Å². The number of hydrogen-bond donors (Lipinski definition) is 2. The Morgan fingerprint density at radius 3 is 3.05 bits per heavy atom. The summed E-state index contributed by atoms with van der Waals surface area (Å²) in [7, 11) is 1.57. The minimum Gasteiger partial charge on any atom is -0.389 e. The fraction of sp³-hybridized carbons (Fsp3) is 0.429. The van der Waals surface area contributed by atoms with Crippen molar-refractivity contribution in [2.45, 2.75) is 12.6 Å². The highest BCUT2D eigenvalue weighted by atomic mass is 32.1. The van der Waals surface area contributed by atoms with Crippen LogP contribution >= 0.6 is 12.2 Å². The van der Waals surface area contributed by atoms with Crippen LogP contribution in [0.3, 0.4) is 0 Å². The van der Waals surface area contributed by atoms with Crippen molar-refractivity contribution in [3.05, 3.63) is 35.1 Å². The van der Waals surface area contributed by atoms with Crippen molar-refractivity contribution in [2.75, 3.05) is 26.8 Å². The summed E-state index contributed by atoms with van der Waals surface area (Å²) in [6.45, 7) is 1.69. The van der Waals surface area contributed by atoms with E-state index in [1.54, 1.807) is 25.2 Å². The summed E-state index contributed by atoms with van der Waals surface area (Å²) in [4.78, 5) is 13.8. The van der Waals surface area contributed by atoms with Crippen LogP contribution in [-0.2, 0) is 16.1 Å². The van der Waals surface area contributed by atoms with Gasteiger partial charge in [0.05, 0.1) is 13.2 Å². The van der Waals surface area contributed by atoms with Gasteiger partial charge in [0.15, 0.2) is 0 Å². The number of amides is 1. The van der Waals surface area contributed by atoms with Crippen LogP contribution in [0.4, 0.5) is 4.39 Å². The van der Waals surface area contributed by atoms with Crippen LogP contribution in [0.2, 0.25) is 0 Å². The number of nitrogens with one attached hydrogen (secondary N) is 1. The topological polar surface area (TPSA) is 67.6 Å². The van der Waals surface area contributed by atoms with Crippen molar-refractivity contribution in [1.82, 2.24) is 10.2 Å². The number of carbonyl (C=O) groups excluding carboxylic acids is 1. The first-order valence-corrected chi connectivity index (χ1v) is 7.06. The van der Waals surface area contributed by atoms with Crippen molar-refractivity contribution < 1.29 is 13.9 Å². The van der Waals surface area contributed by atoms with E-state index in [9.17, 15) is 9.18 Å². The molecule has 1 atom stereocenters. The van der Waals surface area contributed by atoms with E-state index < -0.39 is 11.9 Å². The monoisotopic (exact) mass is 311 g/mol. The molecule has 0 spiro atoms. The summed E-state index contributed by atoms with van der Waals surface area (Å²) in [5.74, 6) is -0.562. The van der Waals surface area contributed by atoms with E-state index in [4.69, 9.17) is 22.7 Å². The van der Waals surface area contributed by atoms with E-state index in [0.29, 0.717) is 31.9 Å². The predicted molar refractivity (Wildman–Crippen MR) is 81.4 cm³/mol. The smallest absolute Gasteiger partial charge is 0.239 e. The second kappa shape index (κ2) is 6.93.